The summed E-state index contributed by atoms with van der Waals surface area (Å²) < 4.78 is 0. The number of benzene rings is 1. The van der Waals surface area contributed by atoms with Gasteiger partial charge in [0.15, 0.2) is 0 Å². The maximum Gasteiger partial charge on any atom is 0.00739 e. The van der Waals surface area contributed by atoms with Gasteiger partial charge >= 0.3 is 0 Å². The fraction of sp³-hybridized carbons (Fsp3) is 0.500. The van der Waals surface area contributed by atoms with Gasteiger partial charge < -0.3 is 5.73 Å². The normalized spacial score (nSPS) is 41.6. The standard InChI is InChI=1S/C12H15N/c13-12-7-11(12)10-6-9(10)8-4-2-1-3-5-8/h1-5,9-12H,6-7,13H2/t9-,10-,11-,12-/m1/s1. The SMILES string of the molecule is N[C@@H]1C[C@@H]1[C@@H]1C[C@@H]1c1ccccc1. The lowest BCUT2D eigenvalue weighted by molar-refractivity contribution is 0.664. The summed E-state index contributed by atoms with van der Waals surface area (Å²) in [5, 5.41) is 0. The van der Waals surface area contributed by atoms with Crippen molar-refractivity contribution < 1.29 is 0 Å². The molecule has 4 atom stereocenters. The average molecular weight is 173 g/mol. The number of hydrogen-bond acceptors (Lipinski definition) is 1. The lowest BCUT2D eigenvalue weighted by Crippen LogP contribution is -2.03. The molecule has 13 heavy (non-hydrogen) atoms. The largest absolute Gasteiger partial charge is 0.327 e. The van der Waals surface area contributed by atoms with E-state index in [2.05, 4.69) is 30.3 Å². The van der Waals surface area contributed by atoms with E-state index < -0.39 is 0 Å². The minimum atomic E-state index is 0.527. The van der Waals surface area contributed by atoms with E-state index in [1.807, 2.05) is 0 Å². The predicted octanol–water partition coefficient (Wildman–Crippen LogP) is 2.14. The summed E-state index contributed by atoms with van der Waals surface area (Å²) in [7, 11) is 0. The Morgan fingerprint density at radius 1 is 1.00 bits per heavy atom. The van der Waals surface area contributed by atoms with E-state index in [-0.39, 0.29) is 0 Å². The van der Waals surface area contributed by atoms with E-state index in [0.29, 0.717) is 6.04 Å². The highest BCUT2D eigenvalue weighted by Gasteiger charge is 2.52. The molecular weight excluding hydrogens is 158 g/mol. The molecule has 2 N–H and O–H groups in total. The van der Waals surface area contributed by atoms with E-state index in [0.717, 1.165) is 17.8 Å². The summed E-state index contributed by atoms with van der Waals surface area (Å²) in [5.74, 6) is 2.60. The topological polar surface area (TPSA) is 26.0 Å². The molecule has 3 rings (SSSR count). The minimum Gasteiger partial charge on any atom is -0.327 e. The van der Waals surface area contributed by atoms with Crippen molar-refractivity contribution in [3.8, 4) is 0 Å². The molecule has 0 unspecified atom stereocenters. The van der Waals surface area contributed by atoms with E-state index >= 15 is 0 Å². The fourth-order valence-corrected chi connectivity index (χ4v) is 2.50. The molecule has 1 heteroatoms. The third kappa shape index (κ3) is 1.28. The summed E-state index contributed by atoms with van der Waals surface area (Å²) in [6.45, 7) is 0. The monoisotopic (exact) mass is 173 g/mol. The highest BCUT2D eigenvalue weighted by molar-refractivity contribution is 5.27. The van der Waals surface area contributed by atoms with Gasteiger partial charge in [0.1, 0.15) is 0 Å². The Hall–Kier alpha value is -0.820. The first-order chi connectivity index (χ1) is 6.36. The summed E-state index contributed by atoms with van der Waals surface area (Å²) in [5.41, 5.74) is 7.37. The van der Waals surface area contributed by atoms with Crippen LogP contribution in [0.3, 0.4) is 0 Å². The van der Waals surface area contributed by atoms with Gasteiger partial charge in [-0.05, 0) is 36.2 Å². The van der Waals surface area contributed by atoms with Crippen molar-refractivity contribution in [3.63, 3.8) is 0 Å². The number of rotatable bonds is 2. The third-order valence-corrected chi connectivity index (χ3v) is 3.51. The molecule has 1 aromatic carbocycles. The van der Waals surface area contributed by atoms with Crippen LogP contribution in [0.25, 0.3) is 0 Å². The average Bonchev–Trinajstić information content (AvgIpc) is 3.01. The molecule has 0 heterocycles. The van der Waals surface area contributed by atoms with Crippen LogP contribution in [0.4, 0.5) is 0 Å². The quantitative estimate of drug-likeness (QED) is 0.728. The molecule has 0 aliphatic heterocycles. The summed E-state index contributed by atoms with van der Waals surface area (Å²) in [6, 6.07) is 11.4. The number of nitrogens with two attached hydrogens (primary N) is 1. The Bertz CT molecular complexity index is 306. The zero-order valence-electron chi connectivity index (χ0n) is 7.69. The number of hydrogen-bond donors (Lipinski definition) is 1. The van der Waals surface area contributed by atoms with Crippen LogP contribution < -0.4 is 5.73 Å². The van der Waals surface area contributed by atoms with Crippen molar-refractivity contribution in [1.82, 2.24) is 0 Å². The van der Waals surface area contributed by atoms with Gasteiger partial charge in [0.2, 0.25) is 0 Å². The van der Waals surface area contributed by atoms with Crippen LogP contribution in [-0.4, -0.2) is 6.04 Å². The second-order valence-electron chi connectivity index (χ2n) is 4.48. The molecular formula is C12H15N. The van der Waals surface area contributed by atoms with Crippen molar-refractivity contribution in [2.75, 3.05) is 0 Å². The summed E-state index contributed by atoms with van der Waals surface area (Å²) in [6.07, 6.45) is 2.65. The smallest absolute Gasteiger partial charge is 0.00739 e. The van der Waals surface area contributed by atoms with Gasteiger partial charge in [-0.2, -0.15) is 0 Å². The zero-order valence-corrected chi connectivity index (χ0v) is 7.69. The Morgan fingerprint density at radius 2 is 1.69 bits per heavy atom. The van der Waals surface area contributed by atoms with Crippen molar-refractivity contribution >= 4 is 0 Å². The van der Waals surface area contributed by atoms with E-state index in [9.17, 15) is 0 Å². The van der Waals surface area contributed by atoms with E-state index in [4.69, 9.17) is 5.73 Å². The molecule has 2 aliphatic rings. The molecule has 2 saturated carbocycles. The summed E-state index contributed by atoms with van der Waals surface area (Å²) >= 11 is 0. The Labute approximate surface area is 78.9 Å². The molecule has 68 valence electrons. The van der Waals surface area contributed by atoms with Crippen molar-refractivity contribution in [1.29, 1.82) is 0 Å². The molecule has 0 aromatic heterocycles. The van der Waals surface area contributed by atoms with Gasteiger partial charge in [-0.25, -0.2) is 0 Å². The van der Waals surface area contributed by atoms with Crippen LogP contribution in [0.15, 0.2) is 30.3 Å². The van der Waals surface area contributed by atoms with Gasteiger partial charge in [0.25, 0.3) is 0 Å². The first-order valence-electron chi connectivity index (χ1n) is 5.17. The summed E-state index contributed by atoms with van der Waals surface area (Å²) in [4.78, 5) is 0. The highest BCUT2D eigenvalue weighted by atomic mass is 14.8. The maximum atomic E-state index is 5.85. The van der Waals surface area contributed by atoms with E-state index in [1.165, 1.54) is 18.4 Å². The van der Waals surface area contributed by atoms with Gasteiger partial charge in [0.05, 0.1) is 0 Å². The maximum absolute atomic E-state index is 5.85. The Morgan fingerprint density at radius 3 is 2.31 bits per heavy atom. The van der Waals surface area contributed by atoms with Crippen molar-refractivity contribution in [2.45, 2.75) is 24.8 Å². The molecule has 0 saturated heterocycles. The van der Waals surface area contributed by atoms with Gasteiger partial charge in [-0.1, -0.05) is 30.3 Å². The van der Waals surface area contributed by atoms with Crippen LogP contribution in [-0.2, 0) is 0 Å². The lowest BCUT2D eigenvalue weighted by atomic mass is 10.1. The molecule has 2 fully saturated rings. The fourth-order valence-electron chi connectivity index (χ4n) is 2.50. The molecule has 2 aliphatic carbocycles. The van der Waals surface area contributed by atoms with Crippen LogP contribution in [0.2, 0.25) is 0 Å². The second kappa shape index (κ2) is 2.58. The molecule has 1 aromatic rings. The highest BCUT2D eigenvalue weighted by Crippen LogP contribution is 2.58. The Kier molecular flexibility index (Phi) is 1.50. The van der Waals surface area contributed by atoms with E-state index in [1.54, 1.807) is 0 Å². The van der Waals surface area contributed by atoms with Gasteiger partial charge in [0, 0.05) is 6.04 Å². The minimum absolute atomic E-state index is 0.527. The second-order valence-corrected chi connectivity index (χ2v) is 4.48. The lowest BCUT2D eigenvalue weighted by Gasteiger charge is -1.98. The predicted molar refractivity (Wildman–Crippen MR) is 53.4 cm³/mol. The molecule has 0 spiro atoms. The van der Waals surface area contributed by atoms with Crippen LogP contribution in [0.1, 0.15) is 24.3 Å². The van der Waals surface area contributed by atoms with Gasteiger partial charge in [-0.3, -0.25) is 0 Å². The molecule has 0 bridgehead atoms. The molecule has 1 nitrogen and oxygen atoms in total. The van der Waals surface area contributed by atoms with Crippen molar-refractivity contribution in [3.05, 3.63) is 35.9 Å². The van der Waals surface area contributed by atoms with Crippen LogP contribution in [0.5, 0.6) is 0 Å². The first kappa shape index (κ1) is 7.57. The molecule has 0 amide bonds. The van der Waals surface area contributed by atoms with Crippen molar-refractivity contribution in [2.24, 2.45) is 17.6 Å². The Balaban J connectivity index is 1.71. The third-order valence-electron chi connectivity index (χ3n) is 3.51. The molecule has 0 radical (unpaired) electrons. The van der Waals surface area contributed by atoms with Crippen LogP contribution in [0, 0.1) is 11.8 Å². The zero-order chi connectivity index (χ0) is 8.84. The first-order valence-corrected chi connectivity index (χ1v) is 5.17. The van der Waals surface area contributed by atoms with Gasteiger partial charge in [-0.15, -0.1) is 0 Å². The van der Waals surface area contributed by atoms with Crippen LogP contribution >= 0.6 is 0 Å².